The molecule has 2 N–H and O–H groups in total. The molecule has 0 aromatic carbocycles. The first-order valence-electron chi connectivity index (χ1n) is 6.67. The van der Waals surface area contributed by atoms with Crippen molar-refractivity contribution in [3.05, 3.63) is 5.89 Å². The van der Waals surface area contributed by atoms with E-state index in [1.165, 1.54) is 0 Å². The molecule has 1 unspecified atom stereocenters. The number of anilines is 1. The monoisotopic (exact) mass is 254 g/mol. The normalized spacial score (nSPS) is 18.8. The van der Waals surface area contributed by atoms with Crippen LogP contribution in [-0.2, 0) is 11.3 Å². The molecular formula is C12H22N4O2. The van der Waals surface area contributed by atoms with E-state index in [4.69, 9.17) is 9.15 Å². The van der Waals surface area contributed by atoms with Gasteiger partial charge < -0.3 is 19.8 Å². The van der Waals surface area contributed by atoms with Crippen LogP contribution in [0.15, 0.2) is 4.42 Å². The van der Waals surface area contributed by atoms with Gasteiger partial charge in [0.25, 0.3) is 0 Å². The van der Waals surface area contributed by atoms with E-state index in [-0.39, 0.29) is 0 Å². The minimum atomic E-state index is 0.335. The van der Waals surface area contributed by atoms with Gasteiger partial charge in [0.05, 0.1) is 6.54 Å². The Bertz CT molecular complexity index is 350. The molecule has 0 bridgehead atoms. The van der Waals surface area contributed by atoms with E-state index in [0.29, 0.717) is 30.4 Å². The summed E-state index contributed by atoms with van der Waals surface area (Å²) in [6.07, 6.45) is 2.18. The highest BCUT2D eigenvalue weighted by atomic mass is 16.5. The van der Waals surface area contributed by atoms with Crippen LogP contribution in [0.3, 0.4) is 0 Å². The molecule has 1 aromatic heterocycles. The highest BCUT2D eigenvalue weighted by Gasteiger charge is 2.21. The van der Waals surface area contributed by atoms with E-state index < -0.39 is 0 Å². The van der Waals surface area contributed by atoms with Gasteiger partial charge in [0.2, 0.25) is 5.89 Å². The van der Waals surface area contributed by atoms with E-state index in [9.17, 15) is 0 Å². The number of hydrogen-bond acceptors (Lipinski definition) is 6. The second-order valence-electron chi connectivity index (χ2n) is 4.66. The van der Waals surface area contributed by atoms with Crippen LogP contribution < -0.4 is 10.6 Å². The Morgan fingerprint density at radius 3 is 2.83 bits per heavy atom. The van der Waals surface area contributed by atoms with E-state index in [1.54, 1.807) is 0 Å². The Labute approximate surface area is 107 Å². The fourth-order valence-corrected chi connectivity index (χ4v) is 2.14. The van der Waals surface area contributed by atoms with Crippen molar-refractivity contribution in [3.63, 3.8) is 0 Å². The maximum atomic E-state index is 5.52. The number of nitrogens with zero attached hydrogens (tertiary/aromatic N) is 2. The van der Waals surface area contributed by atoms with Crippen LogP contribution in [0.5, 0.6) is 0 Å². The van der Waals surface area contributed by atoms with Crippen LogP contribution in [0.25, 0.3) is 0 Å². The van der Waals surface area contributed by atoms with Crippen LogP contribution in [-0.4, -0.2) is 36.0 Å². The molecular weight excluding hydrogens is 232 g/mol. The molecule has 1 atom stereocenters. The van der Waals surface area contributed by atoms with Crippen molar-refractivity contribution in [1.82, 2.24) is 15.5 Å². The minimum absolute atomic E-state index is 0.335. The largest absolute Gasteiger partial charge is 0.407 e. The zero-order chi connectivity index (χ0) is 12.8. The Balaban J connectivity index is 1.82. The van der Waals surface area contributed by atoms with E-state index in [1.807, 2.05) is 6.92 Å². The molecule has 0 aliphatic carbocycles. The maximum absolute atomic E-state index is 5.52. The molecule has 6 nitrogen and oxygen atoms in total. The molecule has 1 aliphatic rings. The quantitative estimate of drug-likeness (QED) is 0.799. The molecule has 102 valence electrons. The van der Waals surface area contributed by atoms with Gasteiger partial charge in [-0.15, -0.1) is 5.10 Å². The summed E-state index contributed by atoms with van der Waals surface area (Å²) in [7, 11) is 0. The molecule has 18 heavy (non-hydrogen) atoms. The van der Waals surface area contributed by atoms with Gasteiger partial charge in [0.15, 0.2) is 0 Å². The number of ether oxygens (including phenoxy) is 1. The molecule has 6 heteroatoms. The fraction of sp³-hybridized carbons (Fsp3) is 0.833. The van der Waals surface area contributed by atoms with Gasteiger partial charge in [-0.25, -0.2) is 0 Å². The highest BCUT2D eigenvalue weighted by Crippen LogP contribution is 2.21. The molecule has 1 aromatic rings. The lowest BCUT2D eigenvalue weighted by molar-refractivity contribution is 0.0620. The van der Waals surface area contributed by atoms with Crippen molar-refractivity contribution >= 4 is 6.01 Å². The van der Waals surface area contributed by atoms with Gasteiger partial charge in [-0.2, -0.15) is 0 Å². The summed E-state index contributed by atoms with van der Waals surface area (Å²) in [6.45, 7) is 7.42. The average molecular weight is 254 g/mol. The van der Waals surface area contributed by atoms with Gasteiger partial charge in [-0.3, -0.25) is 0 Å². The minimum Gasteiger partial charge on any atom is -0.407 e. The lowest BCUT2D eigenvalue weighted by Gasteiger charge is -2.27. The second-order valence-corrected chi connectivity index (χ2v) is 4.66. The predicted molar refractivity (Wildman–Crippen MR) is 68.3 cm³/mol. The Hall–Kier alpha value is -1.14. The van der Waals surface area contributed by atoms with Crippen LogP contribution in [0.4, 0.5) is 6.01 Å². The zero-order valence-corrected chi connectivity index (χ0v) is 11.1. The topological polar surface area (TPSA) is 72.2 Å². The first-order valence-corrected chi connectivity index (χ1v) is 6.67. The van der Waals surface area contributed by atoms with Crippen molar-refractivity contribution in [2.45, 2.75) is 39.3 Å². The number of aromatic nitrogens is 2. The number of hydrogen-bond donors (Lipinski definition) is 2. The van der Waals surface area contributed by atoms with Gasteiger partial charge in [-0.1, -0.05) is 12.0 Å². The second kappa shape index (κ2) is 6.70. The van der Waals surface area contributed by atoms with Gasteiger partial charge >= 0.3 is 6.01 Å². The van der Waals surface area contributed by atoms with Gasteiger partial charge in [0, 0.05) is 19.3 Å². The molecule has 0 radical (unpaired) electrons. The van der Waals surface area contributed by atoms with Crippen LogP contribution in [0.1, 0.15) is 32.6 Å². The third-order valence-electron chi connectivity index (χ3n) is 3.32. The molecule has 0 amide bonds. The standard InChI is InChI=1S/C12H22N4O2/c1-3-13-8-11-15-16-12(18-11)14-9(2)10-4-6-17-7-5-10/h9-10,13H,3-8H2,1-2H3,(H,14,16). The summed E-state index contributed by atoms with van der Waals surface area (Å²) in [5.74, 6) is 1.24. The first-order chi connectivity index (χ1) is 8.79. The third-order valence-corrected chi connectivity index (χ3v) is 3.32. The van der Waals surface area contributed by atoms with Crippen molar-refractivity contribution in [2.24, 2.45) is 5.92 Å². The summed E-state index contributed by atoms with van der Waals surface area (Å²) in [5, 5.41) is 14.4. The van der Waals surface area contributed by atoms with E-state index in [2.05, 4.69) is 27.8 Å². The van der Waals surface area contributed by atoms with Gasteiger partial charge in [-0.05, 0) is 32.2 Å². The van der Waals surface area contributed by atoms with Crippen molar-refractivity contribution in [2.75, 3.05) is 25.1 Å². The SMILES string of the molecule is CCNCc1nnc(NC(C)C2CCOCC2)o1. The van der Waals surface area contributed by atoms with Crippen LogP contribution in [0.2, 0.25) is 0 Å². The molecule has 0 spiro atoms. The molecule has 2 heterocycles. The summed E-state index contributed by atoms with van der Waals surface area (Å²) < 4.78 is 10.9. The number of rotatable bonds is 6. The molecule has 0 saturated carbocycles. The summed E-state index contributed by atoms with van der Waals surface area (Å²) in [6, 6.07) is 0.850. The summed E-state index contributed by atoms with van der Waals surface area (Å²) in [5.41, 5.74) is 0. The third kappa shape index (κ3) is 3.68. The van der Waals surface area contributed by atoms with Crippen molar-refractivity contribution < 1.29 is 9.15 Å². The Morgan fingerprint density at radius 2 is 2.11 bits per heavy atom. The lowest BCUT2D eigenvalue weighted by Crippen LogP contribution is -2.31. The predicted octanol–water partition coefficient (Wildman–Crippen LogP) is 1.41. The van der Waals surface area contributed by atoms with Crippen molar-refractivity contribution in [1.29, 1.82) is 0 Å². The van der Waals surface area contributed by atoms with Crippen molar-refractivity contribution in [3.8, 4) is 0 Å². The Kier molecular flexibility index (Phi) is 4.95. The maximum Gasteiger partial charge on any atom is 0.315 e. The Morgan fingerprint density at radius 1 is 1.33 bits per heavy atom. The van der Waals surface area contributed by atoms with E-state index >= 15 is 0 Å². The molecule has 2 rings (SSSR count). The van der Waals surface area contributed by atoms with E-state index in [0.717, 1.165) is 32.6 Å². The average Bonchev–Trinajstić information content (AvgIpc) is 2.85. The molecule has 1 fully saturated rings. The van der Waals surface area contributed by atoms with Gasteiger partial charge in [0.1, 0.15) is 0 Å². The fourth-order valence-electron chi connectivity index (χ4n) is 2.14. The highest BCUT2D eigenvalue weighted by molar-refractivity contribution is 5.19. The number of nitrogens with one attached hydrogen (secondary N) is 2. The zero-order valence-electron chi connectivity index (χ0n) is 11.1. The summed E-state index contributed by atoms with van der Waals surface area (Å²) >= 11 is 0. The molecule has 1 saturated heterocycles. The van der Waals surface area contributed by atoms with Crippen LogP contribution in [0, 0.1) is 5.92 Å². The lowest BCUT2D eigenvalue weighted by atomic mass is 9.93. The first kappa shape index (κ1) is 13.3. The summed E-state index contributed by atoms with van der Waals surface area (Å²) in [4.78, 5) is 0. The smallest absolute Gasteiger partial charge is 0.315 e. The molecule has 1 aliphatic heterocycles. The van der Waals surface area contributed by atoms with Crippen LogP contribution >= 0.6 is 0 Å².